The van der Waals surface area contributed by atoms with Gasteiger partial charge in [0.2, 0.25) is 0 Å². The van der Waals surface area contributed by atoms with Gasteiger partial charge in [-0.05, 0) is 30.2 Å². The Morgan fingerprint density at radius 1 is 1.24 bits per heavy atom. The fourth-order valence-electron chi connectivity index (χ4n) is 2.26. The molecule has 17 heavy (non-hydrogen) atoms. The summed E-state index contributed by atoms with van der Waals surface area (Å²) in [5.41, 5.74) is 1.38. The molecule has 1 aromatic rings. The lowest BCUT2D eigenvalue weighted by Gasteiger charge is -2.35. The third-order valence-corrected chi connectivity index (χ3v) is 3.58. The zero-order valence-electron chi connectivity index (χ0n) is 11.2. The first-order valence-electron chi connectivity index (χ1n) is 6.64. The first-order chi connectivity index (χ1) is 8.20. The lowest BCUT2D eigenvalue weighted by Crippen LogP contribution is -2.46. The van der Waals surface area contributed by atoms with Crippen molar-refractivity contribution >= 4 is 5.82 Å². The van der Waals surface area contributed by atoms with Gasteiger partial charge in [0.25, 0.3) is 0 Å². The van der Waals surface area contributed by atoms with E-state index in [2.05, 4.69) is 47.7 Å². The summed E-state index contributed by atoms with van der Waals surface area (Å²) >= 11 is 0. The van der Waals surface area contributed by atoms with Crippen molar-refractivity contribution in [1.82, 2.24) is 9.88 Å². The molecule has 1 saturated heterocycles. The average Bonchev–Trinajstić information content (AvgIpc) is 2.39. The molecule has 0 bridgehead atoms. The van der Waals surface area contributed by atoms with Crippen molar-refractivity contribution in [1.29, 1.82) is 0 Å². The van der Waals surface area contributed by atoms with Gasteiger partial charge in [0.1, 0.15) is 5.82 Å². The highest BCUT2D eigenvalue weighted by Crippen LogP contribution is 2.20. The van der Waals surface area contributed by atoms with E-state index in [4.69, 9.17) is 0 Å². The Balaban J connectivity index is 2.05. The first kappa shape index (κ1) is 12.4. The summed E-state index contributed by atoms with van der Waals surface area (Å²) in [6.45, 7) is 12.4. The number of piperazine rings is 1. The molecule has 0 N–H and O–H groups in total. The van der Waals surface area contributed by atoms with Crippen molar-refractivity contribution in [3.05, 3.63) is 23.9 Å². The molecule has 0 unspecified atom stereocenters. The van der Waals surface area contributed by atoms with Crippen molar-refractivity contribution in [2.45, 2.75) is 26.7 Å². The number of aromatic nitrogens is 1. The van der Waals surface area contributed by atoms with Crippen LogP contribution in [-0.4, -0.2) is 42.6 Å². The minimum absolute atomic E-state index is 0.577. The zero-order valence-corrected chi connectivity index (χ0v) is 11.2. The molecule has 2 heterocycles. The summed E-state index contributed by atoms with van der Waals surface area (Å²) in [4.78, 5) is 9.39. The van der Waals surface area contributed by atoms with E-state index in [0.29, 0.717) is 5.92 Å². The molecular weight excluding hydrogens is 210 g/mol. The Kier molecular flexibility index (Phi) is 4.00. The molecule has 1 aromatic heterocycles. The Bertz CT molecular complexity index is 354. The molecule has 0 atom stereocenters. The van der Waals surface area contributed by atoms with E-state index in [0.717, 1.165) is 38.5 Å². The number of rotatable bonds is 3. The van der Waals surface area contributed by atoms with Crippen LogP contribution in [0.5, 0.6) is 0 Å². The normalized spacial score (nSPS) is 17.8. The maximum atomic E-state index is 4.50. The number of nitrogens with zero attached hydrogens (tertiary/aromatic N) is 3. The first-order valence-corrected chi connectivity index (χ1v) is 6.64. The maximum Gasteiger partial charge on any atom is 0.128 e. The van der Waals surface area contributed by atoms with Crippen LogP contribution in [0.1, 0.15) is 32.3 Å². The van der Waals surface area contributed by atoms with Gasteiger partial charge in [0.05, 0.1) is 0 Å². The van der Waals surface area contributed by atoms with Gasteiger partial charge in [-0.2, -0.15) is 0 Å². The quantitative estimate of drug-likeness (QED) is 0.799. The zero-order chi connectivity index (χ0) is 12.3. The summed E-state index contributed by atoms with van der Waals surface area (Å²) in [6.07, 6.45) is 1.94. The highest BCUT2D eigenvalue weighted by Gasteiger charge is 2.16. The van der Waals surface area contributed by atoms with Gasteiger partial charge in [0.15, 0.2) is 0 Å². The van der Waals surface area contributed by atoms with Gasteiger partial charge in [0, 0.05) is 32.4 Å². The number of anilines is 1. The van der Waals surface area contributed by atoms with Gasteiger partial charge < -0.3 is 9.80 Å². The van der Waals surface area contributed by atoms with Crippen LogP contribution in [0.3, 0.4) is 0 Å². The van der Waals surface area contributed by atoms with E-state index in [1.165, 1.54) is 5.56 Å². The minimum atomic E-state index is 0.577. The van der Waals surface area contributed by atoms with Crippen molar-refractivity contribution < 1.29 is 0 Å². The molecule has 1 aliphatic rings. The Morgan fingerprint density at radius 2 is 1.94 bits per heavy atom. The number of hydrogen-bond acceptors (Lipinski definition) is 3. The Hall–Kier alpha value is -1.09. The highest BCUT2D eigenvalue weighted by molar-refractivity contribution is 5.42. The van der Waals surface area contributed by atoms with Crippen LogP contribution < -0.4 is 4.90 Å². The topological polar surface area (TPSA) is 19.4 Å². The molecule has 0 radical (unpaired) electrons. The van der Waals surface area contributed by atoms with Crippen LogP contribution in [0.25, 0.3) is 0 Å². The molecule has 3 heteroatoms. The molecule has 3 nitrogen and oxygen atoms in total. The number of hydrogen-bond donors (Lipinski definition) is 0. The van der Waals surface area contributed by atoms with E-state index >= 15 is 0 Å². The van der Waals surface area contributed by atoms with E-state index < -0.39 is 0 Å². The van der Waals surface area contributed by atoms with Crippen molar-refractivity contribution in [2.24, 2.45) is 0 Å². The molecule has 0 spiro atoms. The summed E-state index contributed by atoms with van der Waals surface area (Å²) in [6, 6.07) is 4.36. The standard InChI is InChI=1S/C14H23N3/c1-4-16-7-9-17(10-8-16)14-11-13(12(2)3)5-6-15-14/h5-6,11-12H,4,7-10H2,1-3H3. The van der Waals surface area contributed by atoms with E-state index in [-0.39, 0.29) is 0 Å². The molecule has 0 aliphatic carbocycles. The van der Waals surface area contributed by atoms with Crippen LogP contribution >= 0.6 is 0 Å². The predicted molar refractivity (Wildman–Crippen MR) is 72.7 cm³/mol. The summed E-state index contributed by atoms with van der Waals surface area (Å²) < 4.78 is 0. The smallest absolute Gasteiger partial charge is 0.128 e. The fraction of sp³-hybridized carbons (Fsp3) is 0.643. The maximum absolute atomic E-state index is 4.50. The van der Waals surface area contributed by atoms with Gasteiger partial charge >= 0.3 is 0 Å². The van der Waals surface area contributed by atoms with Crippen molar-refractivity contribution in [2.75, 3.05) is 37.6 Å². The van der Waals surface area contributed by atoms with Gasteiger partial charge in [-0.3, -0.25) is 0 Å². The van der Waals surface area contributed by atoms with Gasteiger partial charge in [-0.15, -0.1) is 0 Å². The fourth-order valence-corrected chi connectivity index (χ4v) is 2.26. The monoisotopic (exact) mass is 233 g/mol. The van der Waals surface area contributed by atoms with Gasteiger partial charge in [-0.1, -0.05) is 20.8 Å². The second-order valence-electron chi connectivity index (χ2n) is 5.02. The second kappa shape index (κ2) is 5.50. The Labute approximate surface area is 104 Å². The number of pyridine rings is 1. The third-order valence-electron chi connectivity index (χ3n) is 3.58. The molecule has 1 aliphatic heterocycles. The van der Waals surface area contributed by atoms with Crippen LogP contribution in [0.2, 0.25) is 0 Å². The van der Waals surface area contributed by atoms with E-state index in [1.807, 2.05) is 6.20 Å². The van der Waals surface area contributed by atoms with Crippen LogP contribution in [0.15, 0.2) is 18.3 Å². The Morgan fingerprint density at radius 3 is 2.53 bits per heavy atom. The third kappa shape index (κ3) is 2.97. The lowest BCUT2D eigenvalue weighted by molar-refractivity contribution is 0.270. The van der Waals surface area contributed by atoms with E-state index in [9.17, 15) is 0 Å². The van der Waals surface area contributed by atoms with Crippen LogP contribution in [0.4, 0.5) is 5.82 Å². The second-order valence-corrected chi connectivity index (χ2v) is 5.02. The number of likely N-dealkylation sites (N-methyl/N-ethyl adjacent to an activating group) is 1. The highest BCUT2D eigenvalue weighted by atomic mass is 15.3. The molecule has 0 amide bonds. The SMILES string of the molecule is CCN1CCN(c2cc(C(C)C)ccn2)CC1. The van der Waals surface area contributed by atoms with Crippen molar-refractivity contribution in [3.8, 4) is 0 Å². The molecule has 0 saturated carbocycles. The molecule has 1 fully saturated rings. The van der Waals surface area contributed by atoms with Gasteiger partial charge in [-0.25, -0.2) is 4.98 Å². The van der Waals surface area contributed by atoms with E-state index in [1.54, 1.807) is 0 Å². The molecule has 0 aromatic carbocycles. The largest absolute Gasteiger partial charge is 0.354 e. The summed E-state index contributed by atoms with van der Waals surface area (Å²) in [5, 5.41) is 0. The summed E-state index contributed by atoms with van der Waals surface area (Å²) in [7, 11) is 0. The summed E-state index contributed by atoms with van der Waals surface area (Å²) in [5.74, 6) is 1.72. The lowest BCUT2D eigenvalue weighted by atomic mass is 10.0. The minimum Gasteiger partial charge on any atom is -0.354 e. The van der Waals surface area contributed by atoms with Crippen LogP contribution in [-0.2, 0) is 0 Å². The average molecular weight is 233 g/mol. The predicted octanol–water partition coefficient (Wildman–Crippen LogP) is 2.35. The molecule has 2 rings (SSSR count). The van der Waals surface area contributed by atoms with Crippen LogP contribution in [0, 0.1) is 0 Å². The molecule has 94 valence electrons. The molecular formula is C14H23N3. The van der Waals surface area contributed by atoms with Crippen molar-refractivity contribution in [3.63, 3.8) is 0 Å².